The molecule has 0 saturated heterocycles. The predicted molar refractivity (Wildman–Crippen MR) is 42.1 cm³/mol. The molecule has 1 aromatic rings. The van der Waals surface area contributed by atoms with Crippen molar-refractivity contribution < 1.29 is 7.48 Å². The van der Waals surface area contributed by atoms with E-state index in [1.165, 1.54) is 0 Å². The first-order valence-corrected chi connectivity index (χ1v) is 3.65. The summed E-state index contributed by atoms with van der Waals surface area (Å²) in [6.07, 6.45) is 1.06. The number of hydrogen-bond acceptors (Lipinski definition) is 1. The third-order valence-corrected chi connectivity index (χ3v) is 2.06. The fourth-order valence-electron chi connectivity index (χ4n) is 1.54. The lowest BCUT2D eigenvalue weighted by Gasteiger charge is -2.04. The van der Waals surface area contributed by atoms with Crippen LogP contribution in [0.3, 0.4) is 0 Å². The topological polar surface area (TPSA) is 9.23 Å². The van der Waals surface area contributed by atoms with Crippen LogP contribution in [0.15, 0.2) is 36.4 Å². The lowest BCUT2D eigenvalue weighted by Crippen LogP contribution is -1.90. The van der Waals surface area contributed by atoms with Crippen molar-refractivity contribution in [3.63, 3.8) is 0 Å². The Morgan fingerprint density at radius 2 is 1.64 bits per heavy atom. The molecule has 0 N–H and O–H groups in total. The normalized spacial score (nSPS) is 46.9. The van der Waals surface area contributed by atoms with Crippen molar-refractivity contribution in [2.24, 2.45) is 0 Å². The van der Waals surface area contributed by atoms with Crippen LogP contribution in [0.25, 0.3) is 0 Å². The molecule has 54 valence electrons. The average molecular weight is 146 g/mol. The van der Waals surface area contributed by atoms with E-state index >= 15 is 0 Å². The largest absolute Gasteiger partial charge is 0.357 e. The summed E-state index contributed by atoms with van der Waals surface area (Å²) in [5, 5.41) is 0. The summed E-state index contributed by atoms with van der Waals surface area (Å²) in [5.41, 5.74) is 1.60. The summed E-state index contributed by atoms with van der Waals surface area (Å²) in [4.78, 5) is 0. The Morgan fingerprint density at radius 3 is 2.18 bits per heavy atom. The molecule has 0 unspecified atom stereocenters. The van der Waals surface area contributed by atoms with Crippen molar-refractivity contribution in [3.05, 3.63) is 47.5 Å². The van der Waals surface area contributed by atoms with Crippen molar-refractivity contribution in [2.45, 2.75) is 12.2 Å². The van der Waals surface area contributed by atoms with Gasteiger partial charge in [0.15, 0.2) is 0 Å². The summed E-state index contributed by atoms with van der Waals surface area (Å²) in [6, 6.07) is 7.44. The summed E-state index contributed by atoms with van der Waals surface area (Å²) >= 11 is 0. The highest BCUT2D eigenvalue weighted by Gasteiger charge is 2.32. The zero-order chi connectivity index (χ0) is 9.10. The maximum Gasteiger partial charge on any atom is 0.102 e. The van der Waals surface area contributed by atoms with Crippen LogP contribution in [0.4, 0.5) is 0 Å². The standard InChI is InChI=1S/C10H8O/c1-2-4-8-7(3-1)9-5-6-10(8)11-9/h1-6,9-10H/t9-,10+/i9D,10D. The summed E-state index contributed by atoms with van der Waals surface area (Å²) in [7, 11) is 0. The Hall–Kier alpha value is -1.08. The molecule has 0 aliphatic carbocycles. The number of fused-ring (bicyclic) bond motifs is 5. The molecule has 0 fully saturated rings. The first-order chi connectivity index (χ1) is 6.14. The minimum Gasteiger partial charge on any atom is -0.357 e. The first-order valence-electron chi connectivity index (χ1n) is 4.65. The summed E-state index contributed by atoms with van der Waals surface area (Å²) in [5.74, 6) is 0. The molecule has 0 saturated carbocycles. The van der Waals surface area contributed by atoms with Gasteiger partial charge >= 0.3 is 0 Å². The Bertz CT molecular complexity index is 378. The predicted octanol–water partition coefficient (Wildman–Crippen LogP) is 2.37. The monoisotopic (exact) mass is 146 g/mol. The van der Waals surface area contributed by atoms with Gasteiger partial charge in [-0.1, -0.05) is 36.4 Å². The van der Waals surface area contributed by atoms with Gasteiger partial charge in [-0.05, 0) is 11.1 Å². The van der Waals surface area contributed by atoms with Gasteiger partial charge in [0.05, 0.1) is 2.74 Å². The molecule has 3 rings (SSSR count). The molecular formula is C10H8O. The molecule has 2 bridgehead atoms. The summed E-state index contributed by atoms with van der Waals surface area (Å²) < 4.78 is 21.2. The number of rotatable bonds is 0. The Morgan fingerprint density at radius 1 is 1.09 bits per heavy atom. The molecule has 1 aromatic carbocycles. The van der Waals surface area contributed by atoms with Gasteiger partial charge in [0.2, 0.25) is 0 Å². The SMILES string of the molecule is [2H][C@]12C=C[C@]([2H])(O1)c1ccccc12. The first kappa shape index (κ1) is 4.07. The Balaban J connectivity index is 2.35. The van der Waals surface area contributed by atoms with Crippen LogP contribution in [0.1, 0.15) is 26.0 Å². The van der Waals surface area contributed by atoms with E-state index in [4.69, 9.17) is 7.48 Å². The van der Waals surface area contributed by atoms with Gasteiger partial charge in [0, 0.05) is 0 Å². The molecule has 1 heteroatoms. The fourth-order valence-corrected chi connectivity index (χ4v) is 1.54. The van der Waals surface area contributed by atoms with Crippen molar-refractivity contribution in [1.29, 1.82) is 0 Å². The van der Waals surface area contributed by atoms with Crippen molar-refractivity contribution in [3.8, 4) is 0 Å². The molecule has 0 amide bonds. The molecule has 1 nitrogen and oxygen atoms in total. The van der Waals surface area contributed by atoms with Crippen LogP contribution in [-0.4, -0.2) is 0 Å². The van der Waals surface area contributed by atoms with Crippen LogP contribution in [0, 0.1) is 0 Å². The third-order valence-electron chi connectivity index (χ3n) is 2.06. The highest BCUT2D eigenvalue weighted by molar-refractivity contribution is 5.42. The van der Waals surface area contributed by atoms with Gasteiger partial charge in [0.25, 0.3) is 0 Å². The van der Waals surface area contributed by atoms with E-state index in [9.17, 15) is 0 Å². The van der Waals surface area contributed by atoms with E-state index < -0.39 is 12.2 Å². The third kappa shape index (κ3) is 0.589. The fraction of sp³-hybridized carbons (Fsp3) is 0.200. The number of ether oxygens (including phenoxy) is 1. The van der Waals surface area contributed by atoms with E-state index in [0.717, 1.165) is 11.1 Å². The van der Waals surface area contributed by atoms with Crippen molar-refractivity contribution >= 4 is 0 Å². The van der Waals surface area contributed by atoms with Crippen LogP contribution >= 0.6 is 0 Å². The molecule has 2 aliphatic heterocycles. The average Bonchev–Trinajstić information content (AvgIpc) is 2.55. The zero-order valence-corrected chi connectivity index (χ0v) is 5.87. The smallest absolute Gasteiger partial charge is 0.102 e. The molecule has 11 heavy (non-hydrogen) atoms. The Kier molecular flexibility index (Phi) is 0.645. The van der Waals surface area contributed by atoms with Gasteiger partial charge in [0.1, 0.15) is 12.2 Å². The minimum atomic E-state index is -1.11. The van der Waals surface area contributed by atoms with Crippen molar-refractivity contribution in [1.82, 2.24) is 0 Å². The molecular weight excluding hydrogens is 136 g/mol. The Labute approximate surface area is 68.1 Å². The molecule has 0 radical (unpaired) electrons. The second kappa shape index (κ2) is 1.74. The van der Waals surface area contributed by atoms with Gasteiger partial charge in [-0.25, -0.2) is 0 Å². The van der Waals surface area contributed by atoms with E-state index in [1.807, 2.05) is 24.3 Å². The van der Waals surface area contributed by atoms with Gasteiger partial charge in [-0.2, -0.15) is 0 Å². The van der Waals surface area contributed by atoms with Crippen LogP contribution in [0.2, 0.25) is 0 Å². The molecule has 2 atom stereocenters. The second-order valence-corrected chi connectivity index (χ2v) is 2.71. The lowest BCUT2D eigenvalue weighted by molar-refractivity contribution is 0.0878. The van der Waals surface area contributed by atoms with Crippen LogP contribution in [-0.2, 0) is 4.74 Å². The van der Waals surface area contributed by atoms with E-state index in [2.05, 4.69) is 0 Å². The van der Waals surface area contributed by atoms with Gasteiger partial charge in [-0.3, -0.25) is 0 Å². The van der Waals surface area contributed by atoms with Crippen LogP contribution < -0.4 is 0 Å². The lowest BCUT2D eigenvalue weighted by atomic mass is 9.97. The second-order valence-electron chi connectivity index (χ2n) is 2.71. The van der Waals surface area contributed by atoms with Gasteiger partial charge in [-0.15, -0.1) is 0 Å². The molecule has 0 aromatic heterocycles. The molecule has 2 heterocycles. The quantitative estimate of drug-likeness (QED) is 0.510. The minimum absolute atomic E-state index is 0.799. The summed E-state index contributed by atoms with van der Waals surface area (Å²) in [6.45, 7) is 0. The van der Waals surface area contributed by atoms with E-state index in [0.29, 0.717) is 0 Å². The number of benzene rings is 1. The zero-order valence-electron chi connectivity index (χ0n) is 7.87. The van der Waals surface area contributed by atoms with E-state index in [1.54, 1.807) is 12.2 Å². The maximum absolute atomic E-state index is 7.95. The van der Waals surface area contributed by atoms with Gasteiger partial charge < -0.3 is 4.74 Å². The number of hydrogen-bond donors (Lipinski definition) is 0. The van der Waals surface area contributed by atoms with Crippen molar-refractivity contribution in [2.75, 3.05) is 0 Å². The maximum atomic E-state index is 7.95. The highest BCUT2D eigenvalue weighted by atomic mass is 16.5. The highest BCUT2D eigenvalue weighted by Crippen LogP contribution is 2.45. The van der Waals surface area contributed by atoms with E-state index in [-0.39, 0.29) is 0 Å². The van der Waals surface area contributed by atoms with Crippen LogP contribution in [0.5, 0.6) is 0 Å². The molecule has 2 aliphatic rings. The molecule has 0 spiro atoms.